The molecule has 1 aliphatic rings. The Bertz CT molecular complexity index is 1380. The van der Waals surface area contributed by atoms with Gasteiger partial charge in [-0.2, -0.15) is 13.2 Å². The average Bonchev–Trinajstić information content (AvgIpc) is 3.09. The topological polar surface area (TPSA) is 71.7 Å². The maximum atomic E-state index is 13.6. The predicted molar refractivity (Wildman–Crippen MR) is 96.3 cm³/mol. The molecule has 148 valence electrons. The van der Waals surface area contributed by atoms with Crippen LogP contribution in [0.1, 0.15) is 10.4 Å². The molecular weight excluding hydrogens is 436 g/mol. The summed E-state index contributed by atoms with van der Waals surface area (Å²) in [6, 6.07) is 6.06. The van der Waals surface area contributed by atoms with E-state index in [4.69, 9.17) is 11.6 Å². The highest BCUT2D eigenvalue weighted by Gasteiger charge is 2.34. The van der Waals surface area contributed by atoms with Gasteiger partial charge in [-0.15, -0.1) is 0 Å². The number of halogens is 5. The molecule has 1 N–H and O–H groups in total. The lowest BCUT2D eigenvalue weighted by atomic mass is 10.1. The molecule has 0 spiro atoms. The van der Waals surface area contributed by atoms with E-state index in [1.54, 1.807) is 0 Å². The van der Waals surface area contributed by atoms with E-state index >= 15 is 0 Å². The van der Waals surface area contributed by atoms with Crippen molar-refractivity contribution in [1.29, 1.82) is 0 Å². The zero-order chi connectivity index (χ0) is 21.1. The van der Waals surface area contributed by atoms with Gasteiger partial charge < -0.3 is 5.11 Å². The third kappa shape index (κ3) is 3.14. The molecule has 11 heteroatoms. The van der Waals surface area contributed by atoms with Crippen molar-refractivity contribution in [2.75, 3.05) is 0 Å². The second kappa shape index (κ2) is 6.53. The van der Waals surface area contributed by atoms with Gasteiger partial charge in [0.1, 0.15) is 10.7 Å². The van der Waals surface area contributed by atoms with Crippen LogP contribution in [0.3, 0.4) is 0 Å². The molecule has 0 aliphatic carbocycles. The first-order chi connectivity index (χ1) is 13.6. The number of aromatic nitrogens is 1. The summed E-state index contributed by atoms with van der Waals surface area (Å²) in [6.45, 7) is 0. The van der Waals surface area contributed by atoms with Crippen molar-refractivity contribution in [2.24, 2.45) is 4.99 Å². The SMILES string of the molecule is O=C1N=c2ccc(F)cc2=C1c1sc(=O)n(-c2ccc(Cl)c(C(F)(F)F)c2)c1O. The number of thiazole rings is 1. The summed E-state index contributed by atoms with van der Waals surface area (Å²) in [5, 5.41) is 10.2. The fourth-order valence-corrected chi connectivity index (χ4v) is 4.10. The third-order valence-electron chi connectivity index (χ3n) is 4.19. The normalized spacial score (nSPS) is 13.6. The molecule has 2 aromatic carbocycles. The first-order valence-corrected chi connectivity index (χ1v) is 9.02. The summed E-state index contributed by atoms with van der Waals surface area (Å²) in [4.78, 5) is 27.4. The fourth-order valence-electron chi connectivity index (χ4n) is 2.93. The quantitative estimate of drug-likeness (QED) is 0.620. The van der Waals surface area contributed by atoms with Crippen LogP contribution in [0.4, 0.5) is 17.6 Å². The largest absolute Gasteiger partial charge is 0.493 e. The van der Waals surface area contributed by atoms with Crippen molar-refractivity contribution in [3.8, 4) is 11.6 Å². The molecule has 0 radical (unpaired) electrons. The van der Waals surface area contributed by atoms with Crippen LogP contribution < -0.4 is 15.4 Å². The van der Waals surface area contributed by atoms with Crippen LogP contribution in [0.2, 0.25) is 5.02 Å². The van der Waals surface area contributed by atoms with Crippen molar-refractivity contribution < 1.29 is 27.5 Å². The van der Waals surface area contributed by atoms with Crippen LogP contribution in [0.5, 0.6) is 5.88 Å². The molecule has 1 aromatic heterocycles. The van der Waals surface area contributed by atoms with E-state index in [0.29, 0.717) is 22.0 Å². The molecule has 2 heterocycles. The molecule has 0 atom stereocenters. The highest BCUT2D eigenvalue weighted by Crippen LogP contribution is 2.37. The third-order valence-corrected chi connectivity index (χ3v) is 5.47. The number of carbonyl (C=O) groups excluding carboxylic acids is 1. The Balaban J connectivity index is 1.97. The van der Waals surface area contributed by atoms with Crippen LogP contribution in [0, 0.1) is 5.82 Å². The number of rotatable bonds is 2. The molecule has 4 rings (SSSR count). The van der Waals surface area contributed by atoms with Crippen molar-refractivity contribution in [1.82, 2.24) is 4.57 Å². The molecule has 0 unspecified atom stereocenters. The number of aromatic hydroxyl groups is 1. The minimum atomic E-state index is -4.78. The Labute approximate surface area is 167 Å². The van der Waals surface area contributed by atoms with E-state index in [9.17, 15) is 32.3 Å². The molecule has 3 aromatic rings. The summed E-state index contributed by atoms with van der Waals surface area (Å²) in [7, 11) is 0. The number of fused-ring (bicyclic) bond motifs is 1. The maximum absolute atomic E-state index is 13.6. The molecule has 0 saturated heterocycles. The predicted octanol–water partition coefficient (Wildman–Crippen LogP) is 2.77. The summed E-state index contributed by atoms with van der Waals surface area (Å²) < 4.78 is 53.6. The van der Waals surface area contributed by atoms with Crippen LogP contribution in [0.25, 0.3) is 11.3 Å². The summed E-state index contributed by atoms with van der Waals surface area (Å²) in [5.41, 5.74) is -1.69. The average molecular weight is 443 g/mol. The van der Waals surface area contributed by atoms with E-state index in [2.05, 4.69) is 4.99 Å². The van der Waals surface area contributed by atoms with Gasteiger partial charge in [-0.05, 0) is 36.4 Å². The highest BCUT2D eigenvalue weighted by molar-refractivity contribution is 7.11. The van der Waals surface area contributed by atoms with Crippen LogP contribution >= 0.6 is 22.9 Å². The van der Waals surface area contributed by atoms with Crippen molar-refractivity contribution in [3.05, 3.63) is 77.9 Å². The standard InChI is InChI=1S/C18H7ClF4N2O3S/c19-11-3-2-8(6-10(11)18(21,22)23)25-16(27)14(29-17(25)28)13-9-5-7(20)1-4-12(9)24-15(13)26/h1-6,27H. The second-order valence-corrected chi connectivity index (χ2v) is 7.34. The summed E-state index contributed by atoms with van der Waals surface area (Å²) in [5.74, 6) is -2.22. The Morgan fingerprint density at radius 1 is 1.10 bits per heavy atom. The lowest BCUT2D eigenvalue weighted by molar-refractivity contribution is -0.137. The van der Waals surface area contributed by atoms with Gasteiger partial charge in [0.15, 0.2) is 0 Å². The van der Waals surface area contributed by atoms with Crippen LogP contribution in [-0.4, -0.2) is 15.6 Å². The Morgan fingerprint density at radius 2 is 1.83 bits per heavy atom. The highest BCUT2D eigenvalue weighted by atomic mass is 35.5. The van der Waals surface area contributed by atoms with Gasteiger partial charge in [-0.25, -0.2) is 13.9 Å². The zero-order valence-corrected chi connectivity index (χ0v) is 15.5. The lowest BCUT2D eigenvalue weighted by Crippen LogP contribution is -2.23. The van der Waals surface area contributed by atoms with Gasteiger partial charge in [0.2, 0.25) is 5.88 Å². The van der Waals surface area contributed by atoms with Crippen molar-refractivity contribution in [3.63, 3.8) is 0 Å². The molecular formula is C18H7ClF4N2O3S. The van der Waals surface area contributed by atoms with Crippen LogP contribution in [-0.2, 0) is 11.0 Å². The van der Waals surface area contributed by atoms with Crippen molar-refractivity contribution >= 4 is 34.4 Å². The van der Waals surface area contributed by atoms with E-state index in [1.807, 2.05) is 0 Å². The second-order valence-electron chi connectivity index (χ2n) is 5.97. The molecule has 29 heavy (non-hydrogen) atoms. The minimum Gasteiger partial charge on any atom is -0.493 e. The Hall–Kier alpha value is -2.98. The number of hydrogen-bond donors (Lipinski definition) is 1. The first-order valence-electron chi connectivity index (χ1n) is 7.83. The molecule has 0 fully saturated rings. The number of hydrogen-bond acceptors (Lipinski definition) is 4. The van der Waals surface area contributed by atoms with Crippen LogP contribution in [0.15, 0.2) is 46.2 Å². The number of carbonyl (C=O) groups is 1. The van der Waals surface area contributed by atoms with E-state index in [0.717, 1.165) is 24.3 Å². The minimum absolute atomic E-state index is 0.0748. The van der Waals surface area contributed by atoms with E-state index < -0.39 is 39.2 Å². The fraction of sp³-hybridized carbons (Fsp3) is 0.0556. The smallest absolute Gasteiger partial charge is 0.417 e. The molecule has 0 bridgehead atoms. The van der Waals surface area contributed by atoms with Gasteiger partial charge in [0.25, 0.3) is 5.91 Å². The van der Waals surface area contributed by atoms with Gasteiger partial charge in [-0.1, -0.05) is 22.9 Å². The van der Waals surface area contributed by atoms with E-state index in [1.165, 1.54) is 6.07 Å². The summed E-state index contributed by atoms with van der Waals surface area (Å²) >= 11 is 6.01. The molecule has 1 aliphatic heterocycles. The Morgan fingerprint density at radius 3 is 2.52 bits per heavy atom. The molecule has 5 nitrogen and oxygen atoms in total. The summed E-state index contributed by atoms with van der Waals surface area (Å²) in [6.07, 6.45) is -4.78. The number of amides is 1. The van der Waals surface area contributed by atoms with Crippen molar-refractivity contribution in [2.45, 2.75) is 6.18 Å². The first kappa shape index (κ1) is 19.3. The maximum Gasteiger partial charge on any atom is 0.417 e. The number of nitrogens with zero attached hydrogens (tertiary/aromatic N) is 2. The molecule has 1 amide bonds. The number of benzene rings is 2. The lowest BCUT2D eigenvalue weighted by Gasteiger charge is -2.11. The Kier molecular flexibility index (Phi) is 4.35. The monoisotopic (exact) mass is 442 g/mol. The van der Waals surface area contributed by atoms with Gasteiger partial charge in [0.05, 0.1) is 27.2 Å². The van der Waals surface area contributed by atoms with Gasteiger partial charge >= 0.3 is 11.0 Å². The van der Waals surface area contributed by atoms with E-state index in [-0.39, 0.29) is 26.7 Å². The van der Waals surface area contributed by atoms with Gasteiger partial charge in [-0.3, -0.25) is 9.59 Å². The zero-order valence-electron chi connectivity index (χ0n) is 13.9. The number of alkyl halides is 3. The van der Waals surface area contributed by atoms with Gasteiger partial charge in [0, 0.05) is 5.22 Å². The molecule has 0 saturated carbocycles.